The second kappa shape index (κ2) is 15.5. The van der Waals surface area contributed by atoms with Crippen LogP contribution in [0.1, 0.15) is 49.2 Å². The highest BCUT2D eigenvalue weighted by Gasteiger charge is 2.22. The average Bonchev–Trinajstić information content (AvgIpc) is 2.84. The number of carbonyl (C=O) groups is 1. The van der Waals surface area contributed by atoms with Crippen LogP contribution in [0.2, 0.25) is 0 Å². The molecule has 1 amide bonds. The fourth-order valence-corrected chi connectivity index (χ4v) is 3.26. The molecule has 200 valence electrons. The van der Waals surface area contributed by atoms with Gasteiger partial charge in [-0.05, 0) is 63.1 Å². The van der Waals surface area contributed by atoms with E-state index in [0.717, 1.165) is 5.56 Å². The van der Waals surface area contributed by atoms with Crippen LogP contribution in [0.25, 0.3) is 0 Å². The van der Waals surface area contributed by atoms with E-state index in [1.165, 1.54) is 0 Å². The van der Waals surface area contributed by atoms with Gasteiger partial charge in [0.05, 0.1) is 44.5 Å². The largest absolute Gasteiger partial charge is 0.491 e. The molecule has 0 aliphatic rings. The molecule has 0 aliphatic carbocycles. The average molecular weight is 507 g/mol. The van der Waals surface area contributed by atoms with Gasteiger partial charge in [-0.25, -0.2) is 4.84 Å². The molecule has 1 atom stereocenters. The molecule has 0 heterocycles. The zero-order valence-electron chi connectivity index (χ0n) is 21.4. The lowest BCUT2D eigenvalue weighted by Gasteiger charge is -2.29. The summed E-state index contributed by atoms with van der Waals surface area (Å²) < 4.78 is 16.7. The Hall–Kier alpha value is -2.57. The fourth-order valence-electron chi connectivity index (χ4n) is 3.26. The van der Waals surface area contributed by atoms with Crippen LogP contribution in [0.4, 0.5) is 0 Å². The van der Waals surface area contributed by atoms with E-state index >= 15 is 0 Å². The monoisotopic (exact) mass is 506 g/mol. The molecule has 0 bridgehead atoms. The number of rotatable bonds is 16. The molecule has 1 unspecified atom stereocenters. The van der Waals surface area contributed by atoms with Crippen LogP contribution in [0.5, 0.6) is 5.75 Å². The molecule has 0 saturated heterocycles. The van der Waals surface area contributed by atoms with Crippen molar-refractivity contribution < 1.29 is 39.4 Å². The lowest BCUT2D eigenvalue weighted by atomic mass is 10.1. The molecular weight excluding hydrogens is 468 g/mol. The molecule has 0 spiro atoms. The number of nitrogens with zero attached hydrogens (tertiary/aromatic N) is 2. The standard InChI is InChI=1S/C26H38N2O8/c1-19(2)27(26(30)23-9-5-22(6-10-23)17-36-28(31)32)15-24(29)18-35-25-11-7-21(8-12-25)16-33-13-14-34-20(3)4/h5-12,19-20,24,29,31-32H,13-18H2,1-4H3. The predicted molar refractivity (Wildman–Crippen MR) is 132 cm³/mol. The molecule has 0 aliphatic heterocycles. The van der Waals surface area contributed by atoms with Gasteiger partial charge in [-0.15, -0.1) is 0 Å². The minimum atomic E-state index is -0.881. The molecule has 2 aromatic rings. The molecule has 2 aromatic carbocycles. The maximum absolute atomic E-state index is 13.0. The number of benzene rings is 2. The molecule has 0 radical (unpaired) electrons. The summed E-state index contributed by atoms with van der Waals surface area (Å²) in [5, 5.41) is 27.4. The molecule has 2 rings (SSSR count). The number of amides is 1. The van der Waals surface area contributed by atoms with Crippen LogP contribution in [-0.4, -0.2) is 76.3 Å². The molecular formula is C26H38N2O8. The highest BCUT2D eigenvalue weighted by molar-refractivity contribution is 5.94. The SMILES string of the molecule is CC(C)OCCOCc1ccc(OCC(O)CN(C(=O)c2ccc(CON(O)O)cc2)C(C)C)cc1. The van der Waals surface area contributed by atoms with Crippen molar-refractivity contribution in [3.05, 3.63) is 65.2 Å². The van der Waals surface area contributed by atoms with E-state index in [1.54, 1.807) is 29.2 Å². The number of aliphatic hydroxyl groups is 1. The zero-order valence-corrected chi connectivity index (χ0v) is 21.4. The Balaban J connectivity index is 1.81. The minimum Gasteiger partial charge on any atom is -0.491 e. The first-order valence-corrected chi connectivity index (χ1v) is 12.0. The lowest BCUT2D eigenvalue weighted by Crippen LogP contribution is -2.43. The third kappa shape index (κ3) is 11.0. The van der Waals surface area contributed by atoms with Crippen molar-refractivity contribution in [1.82, 2.24) is 10.3 Å². The first-order valence-electron chi connectivity index (χ1n) is 12.0. The summed E-state index contributed by atoms with van der Waals surface area (Å²) in [6.07, 6.45) is -0.695. The van der Waals surface area contributed by atoms with E-state index in [9.17, 15) is 9.90 Å². The first kappa shape index (κ1) is 29.7. The van der Waals surface area contributed by atoms with Crippen LogP contribution >= 0.6 is 0 Å². The highest BCUT2D eigenvalue weighted by Crippen LogP contribution is 2.15. The summed E-state index contributed by atoms with van der Waals surface area (Å²) in [6.45, 7) is 9.36. The third-order valence-electron chi connectivity index (χ3n) is 5.15. The van der Waals surface area contributed by atoms with Gasteiger partial charge in [0, 0.05) is 11.6 Å². The van der Waals surface area contributed by atoms with Crippen molar-refractivity contribution >= 4 is 5.91 Å². The Kier molecular flexibility index (Phi) is 12.8. The topological polar surface area (TPSA) is 121 Å². The maximum atomic E-state index is 13.0. The highest BCUT2D eigenvalue weighted by atomic mass is 17.1. The molecule has 36 heavy (non-hydrogen) atoms. The smallest absolute Gasteiger partial charge is 0.254 e. The Labute approximate surface area is 212 Å². The zero-order chi connectivity index (χ0) is 26.5. The van der Waals surface area contributed by atoms with Gasteiger partial charge in [0.1, 0.15) is 18.5 Å². The summed E-state index contributed by atoms with van der Waals surface area (Å²) in [5.74, 6) is 0.385. The number of hydrogen-bond acceptors (Lipinski definition) is 9. The van der Waals surface area contributed by atoms with E-state index in [-0.39, 0.29) is 43.2 Å². The number of ether oxygens (including phenoxy) is 3. The van der Waals surface area contributed by atoms with Gasteiger partial charge in [-0.1, -0.05) is 24.3 Å². The van der Waals surface area contributed by atoms with Crippen LogP contribution < -0.4 is 4.74 Å². The summed E-state index contributed by atoms with van der Waals surface area (Å²) in [6, 6.07) is 13.9. The van der Waals surface area contributed by atoms with Crippen molar-refractivity contribution in [3.8, 4) is 5.75 Å². The second-order valence-electron chi connectivity index (χ2n) is 8.86. The Bertz CT molecular complexity index is 888. The summed E-state index contributed by atoms with van der Waals surface area (Å²) in [7, 11) is 0. The van der Waals surface area contributed by atoms with Crippen LogP contribution in [0.3, 0.4) is 0 Å². The fraction of sp³-hybridized carbons (Fsp3) is 0.500. The van der Waals surface area contributed by atoms with Gasteiger partial charge < -0.3 is 24.2 Å². The van der Waals surface area contributed by atoms with E-state index in [0.29, 0.717) is 36.7 Å². The quantitative estimate of drug-likeness (QED) is 0.232. The van der Waals surface area contributed by atoms with E-state index < -0.39 is 6.10 Å². The van der Waals surface area contributed by atoms with Crippen molar-refractivity contribution in [3.63, 3.8) is 0 Å². The minimum absolute atomic E-state index is 0.0357. The van der Waals surface area contributed by atoms with Crippen LogP contribution in [0, 0.1) is 0 Å². The maximum Gasteiger partial charge on any atom is 0.254 e. The van der Waals surface area contributed by atoms with Gasteiger partial charge in [0.25, 0.3) is 5.91 Å². The normalized spacial score (nSPS) is 12.4. The number of aliphatic hydroxyl groups excluding tert-OH is 1. The molecule has 3 N–H and O–H groups in total. The van der Waals surface area contributed by atoms with Gasteiger partial charge >= 0.3 is 0 Å². The van der Waals surface area contributed by atoms with E-state index in [2.05, 4.69) is 4.84 Å². The molecule has 0 aromatic heterocycles. The van der Waals surface area contributed by atoms with Gasteiger partial charge in [0.2, 0.25) is 0 Å². The predicted octanol–water partition coefficient (Wildman–Crippen LogP) is 3.43. The molecule has 10 nitrogen and oxygen atoms in total. The Morgan fingerprint density at radius 1 is 0.889 bits per heavy atom. The van der Waals surface area contributed by atoms with Gasteiger partial charge in [-0.3, -0.25) is 15.2 Å². The summed E-state index contributed by atoms with van der Waals surface area (Å²) in [4.78, 5) is 19.1. The summed E-state index contributed by atoms with van der Waals surface area (Å²) >= 11 is 0. The third-order valence-corrected chi connectivity index (χ3v) is 5.15. The van der Waals surface area contributed by atoms with Gasteiger partial charge in [0.15, 0.2) is 0 Å². The Morgan fingerprint density at radius 2 is 1.50 bits per heavy atom. The number of hydrogen-bond donors (Lipinski definition) is 3. The van der Waals surface area contributed by atoms with Gasteiger partial charge in [-0.2, -0.15) is 0 Å². The van der Waals surface area contributed by atoms with E-state index in [1.807, 2.05) is 52.0 Å². The Morgan fingerprint density at radius 3 is 2.08 bits per heavy atom. The molecule has 10 heteroatoms. The van der Waals surface area contributed by atoms with Crippen molar-refractivity contribution in [2.75, 3.05) is 26.4 Å². The second-order valence-corrected chi connectivity index (χ2v) is 8.86. The van der Waals surface area contributed by atoms with Crippen LogP contribution in [0.15, 0.2) is 48.5 Å². The lowest BCUT2D eigenvalue weighted by molar-refractivity contribution is -0.497. The van der Waals surface area contributed by atoms with Crippen LogP contribution in [-0.2, 0) is 27.5 Å². The number of carbonyl (C=O) groups excluding carboxylic acids is 1. The van der Waals surface area contributed by atoms with Crippen molar-refractivity contribution in [2.24, 2.45) is 0 Å². The van der Waals surface area contributed by atoms with Crippen molar-refractivity contribution in [1.29, 1.82) is 0 Å². The first-order chi connectivity index (χ1) is 17.2. The van der Waals surface area contributed by atoms with Crippen molar-refractivity contribution in [2.45, 2.75) is 59.2 Å². The molecule has 0 fully saturated rings. The summed E-state index contributed by atoms with van der Waals surface area (Å²) in [5.41, 5.74) is 2.10. The van der Waals surface area contributed by atoms with E-state index in [4.69, 9.17) is 24.6 Å². The molecule has 0 saturated carbocycles.